The van der Waals surface area contributed by atoms with Crippen LogP contribution in [0.15, 0.2) is 36.8 Å². The summed E-state index contributed by atoms with van der Waals surface area (Å²) in [5, 5.41) is 20.4. The molecule has 1 aliphatic rings. The van der Waals surface area contributed by atoms with E-state index in [0.717, 1.165) is 11.1 Å². The quantitative estimate of drug-likeness (QED) is 0.624. The van der Waals surface area contributed by atoms with Crippen LogP contribution in [0.3, 0.4) is 0 Å². The summed E-state index contributed by atoms with van der Waals surface area (Å²) in [4.78, 5) is 8.58. The zero-order valence-electron chi connectivity index (χ0n) is 17.5. The number of alkyl halides is 1. The fourth-order valence-electron chi connectivity index (χ4n) is 3.93. The van der Waals surface area contributed by atoms with Gasteiger partial charge in [0, 0.05) is 18.9 Å². The Kier molecular flexibility index (Phi) is 5.77. The molecule has 0 spiro atoms. The Bertz CT molecular complexity index is 1160. The second-order valence-corrected chi connectivity index (χ2v) is 7.75. The van der Waals surface area contributed by atoms with Crippen molar-refractivity contribution in [1.29, 1.82) is 0 Å². The number of fused-ring (bicyclic) bond motifs is 1. The van der Waals surface area contributed by atoms with Crippen molar-refractivity contribution in [2.24, 2.45) is 0 Å². The number of rotatable bonds is 4. The average Bonchev–Trinajstić information content (AvgIpc) is 3.23. The van der Waals surface area contributed by atoms with E-state index < -0.39 is 30.7 Å². The maximum Gasteiger partial charge on any atom is 0.181 e. The molecule has 0 saturated carbocycles. The number of benzene rings is 1. The van der Waals surface area contributed by atoms with E-state index >= 15 is 4.39 Å². The number of halogens is 1. The van der Waals surface area contributed by atoms with E-state index in [1.807, 2.05) is 31.2 Å². The lowest BCUT2D eigenvalue weighted by Crippen LogP contribution is -2.40. The summed E-state index contributed by atoms with van der Waals surface area (Å²) >= 11 is 0. The third kappa shape index (κ3) is 3.70. The second-order valence-electron chi connectivity index (χ2n) is 7.75. The number of ether oxygens (including phenoxy) is 2. The van der Waals surface area contributed by atoms with Gasteiger partial charge in [0.1, 0.15) is 24.2 Å². The first kappa shape index (κ1) is 21.4. The number of methoxy groups -OCH3 is 1. The molecule has 31 heavy (non-hydrogen) atoms. The van der Waals surface area contributed by atoms with Gasteiger partial charge in [-0.05, 0) is 25.5 Å². The lowest BCUT2D eigenvalue weighted by atomic mass is 9.98. The van der Waals surface area contributed by atoms with Crippen molar-refractivity contribution in [3.8, 4) is 11.8 Å². The monoisotopic (exact) mass is 425 g/mol. The molecule has 0 bridgehead atoms. The minimum atomic E-state index is -2.13. The predicted molar refractivity (Wildman–Crippen MR) is 112 cm³/mol. The Morgan fingerprint density at radius 2 is 2.00 bits per heavy atom. The van der Waals surface area contributed by atoms with E-state index in [-0.39, 0.29) is 0 Å². The lowest BCUT2D eigenvalue weighted by Gasteiger charge is -2.25. The molecule has 0 aliphatic carbocycles. The molecule has 7 nitrogen and oxygen atoms in total. The zero-order valence-corrected chi connectivity index (χ0v) is 17.5. The van der Waals surface area contributed by atoms with E-state index in [0.29, 0.717) is 28.9 Å². The number of hydrogen-bond donors (Lipinski definition) is 2. The molecule has 0 amide bonds. The standard InChI is InChI=1S/C23H24FN3O4/c1-14-19-16(9-8-15-6-4-5-7-17(15)12-30-3)10-27(21(19)26-13-25-14)22-23(2,24)20(29)18(11-28)31-22/h4-7,10,13,18,20,22,28-29H,11-12H2,1-3H3/t18-,20-,22-,23-/m1/s1. The van der Waals surface area contributed by atoms with Gasteiger partial charge in [-0.2, -0.15) is 0 Å². The fraction of sp³-hybridized carbons (Fsp3) is 0.391. The molecule has 0 unspecified atom stereocenters. The molecule has 3 heterocycles. The zero-order chi connectivity index (χ0) is 22.2. The average molecular weight is 425 g/mol. The van der Waals surface area contributed by atoms with Crippen LogP contribution in [-0.4, -0.2) is 56.3 Å². The van der Waals surface area contributed by atoms with Gasteiger partial charge in [0.2, 0.25) is 0 Å². The topological polar surface area (TPSA) is 89.6 Å². The summed E-state index contributed by atoms with van der Waals surface area (Å²) < 4.78 is 27.8. The summed E-state index contributed by atoms with van der Waals surface area (Å²) in [6.07, 6.45) is -0.626. The highest BCUT2D eigenvalue weighted by molar-refractivity contribution is 5.86. The predicted octanol–water partition coefficient (Wildman–Crippen LogP) is 2.26. The lowest BCUT2D eigenvalue weighted by molar-refractivity contribution is -0.0564. The molecule has 1 aliphatic heterocycles. The van der Waals surface area contributed by atoms with Crippen molar-refractivity contribution < 1.29 is 24.1 Å². The van der Waals surface area contributed by atoms with Gasteiger partial charge in [0.25, 0.3) is 0 Å². The van der Waals surface area contributed by atoms with Gasteiger partial charge in [-0.25, -0.2) is 14.4 Å². The van der Waals surface area contributed by atoms with E-state index in [1.54, 1.807) is 13.3 Å². The highest BCUT2D eigenvalue weighted by atomic mass is 19.1. The van der Waals surface area contributed by atoms with Crippen molar-refractivity contribution in [2.75, 3.05) is 13.7 Å². The van der Waals surface area contributed by atoms with Crippen LogP contribution in [0.2, 0.25) is 0 Å². The van der Waals surface area contributed by atoms with Crippen LogP contribution in [0.25, 0.3) is 11.0 Å². The Balaban J connectivity index is 1.84. The summed E-state index contributed by atoms with van der Waals surface area (Å²) in [6.45, 7) is 3.02. The van der Waals surface area contributed by atoms with Gasteiger partial charge in [-0.15, -0.1) is 0 Å². The van der Waals surface area contributed by atoms with E-state index in [2.05, 4.69) is 21.8 Å². The smallest absolute Gasteiger partial charge is 0.181 e. The molecule has 162 valence electrons. The minimum absolute atomic E-state index is 0.436. The maximum absolute atomic E-state index is 15.4. The molecule has 1 saturated heterocycles. The van der Waals surface area contributed by atoms with Crippen LogP contribution in [0, 0.1) is 18.8 Å². The summed E-state index contributed by atoms with van der Waals surface area (Å²) in [7, 11) is 1.63. The van der Waals surface area contributed by atoms with E-state index in [9.17, 15) is 10.2 Å². The van der Waals surface area contributed by atoms with Crippen molar-refractivity contribution in [3.63, 3.8) is 0 Å². The van der Waals surface area contributed by atoms with Crippen molar-refractivity contribution in [3.05, 3.63) is 59.2 Å². The van der Waals surface area contributed by atoms with Crippen molar-refractivity contribution in [2.45, 2.75) is 44.6 Å². The third-order valence-electron chi connectivity index (χ3n) is 5.60. The van der Waals surface area contributed by atoms with E-state index in [1.165, 1.54) is 17.8 Å². The second kappa shape index (κ2) is 8.36. The van der Waals surface area contributed by atoms with Crippen LogP contribution in [0.1, 0.15) is 35.5 Å². The number of aromatic nitrogens is 3. The highest BCUT2D eigenvalue weighted by Crippen LogP contribution is 2.43. The van der Waals surface area contributed by atoms with Crippen molar-refractivity contribution in [1.82, 2.24) is 14.5 Å². The molecular formula is C23H24FN3O4. The Morgan fingerprint density at radius 3 is 2.71 bits per heavy atom. The minimum Gasteiger partial charge on any atom is -0.394 e. The Hall–Kier alpha value is -2.83. The molecule has 4 rings (SSSR count). The number of aliphatic hydroxyl groups excluding tert-OH is 2. The molecule has 8 heteroatoms. The van der Waals surface area contributed by atoms with Gasteiger partial charge in [0.15, 0.2) is 11.9 Å². The summed E-state index contributed by atoms with van der Waals surface area (Å²) in [5.41, 5.74) is 1.40. The largest absolute Gasteiger partial charge is 0.394 e. The van der Waals surface area contributed by atoms with Crippen LogP contribution >= 0.6 is 0 Å². The Labute approximate surface area is 179 Å². The first-order valence-electron chi connectivity index (χ1n) is 9.92. The van der Waals surface area contributed by atoms with Gasteiger partial charge < -0.3 is 24.3 Å². The first-order valence-corrected chi connectivity index (χ1v) is 9.92. The molecule has 3 aromatic rings. The first-order chi connectivity index (χ1) is 14.9. The highest BCUT2D eigenvalue weighted by Gasteiger charge is 2.55. The fourth-order valence-corrected chi connectivity index (χ4v) is 3.93. The van der Waals surface area contributed by atoms with Crippen LogP contribution in [0.5, 0.6) is 0 Å². The van der Waals surface area contributed by atoms with E-state index in [4.69, 9.17) is 9.47 Å². The normalized spacial score (nSPS) is 25.5. The van der Waals surface area contributed by atoms with Gasteiger partial charge in [0.05, 0.1) is 29.9 Å². The molecule has 2 aromatic heterocycles. The van der Waals surface area contributed by atoms with Crippen molar-refractivity contribution >= 4 is 11.0 Å². The maximum atomic E-state index is 15.4. The van der Waals surface area contributed by atoms with Crippen LogP contribution in [0.4, 0.5) is 4.39 Å². The summed E-state index contributed by atoms with van der Waals surface area (Å²) in [5.74, 6) is 6.32. The molecule has 1 aromatic carbocycles. The van der Waals surface area contributed by atoms with Gasteiger partial charge in [-0.1, -0.05) is 30.0 Å². The van der Waals surface area contributed by atoms with Gasteiger partial charge in [-0.3, -0.25) is 0 Å². The number of hydrogen-bond acceptors (Lipinski definition) is 6. The third-order valence-corrected chi connectivity index (χ3v) is 5.60. The number of aryl methyl sites for hydroxylation is 1. The SMILES string of the molecule is COCc1ccccc1C#Cc1cn([C@@H]2O[C@H](CO)[C@@H](O)[C@@]2(C)F)c2ncnc(C)c12. The van der Waals surface area contributed by atoms with Crippen LogP contribution in [-0.2, 0) is 16.1 Å². The number of nitrogens with zero attached hydrogens (tertiary/aromatic N) is 3. The molecule has 2 N–H and O–H groups in total. The molecule has 4 atom stereocenters. The van der Waals surface area contributed by atoms with Crippen LogP contribution < -0.4 is 0 Å². The van der Waals surface area contributed by atoms with Gasteiger partial charge >= 0.3 is 0 Å². The number of aliphatic hydroxyl groups is 2. The molecular weight excluding hydrogens is 401 g/mol. The summed E-state index contributed by atoms with van der Waals surface area (Å²) in [6, 6.07) is 7.68. The molecule has 1 fully saturated rings. The Morgan fingerprint density at radius 1 is 1.26 bits per heavy atom. The molecule has 0 radical (unpaired) electrons.